The lowest BCUT2D eigenvalue weighted by Crippen LogP contribution is -2.31. The number of rotatable bonds is 8. The lowest BCUT2D eigenvalue weighted by molar-refractivity contribution is 0.0939. The second-order valence-corrected chi connectivity index (χ2v) is 5.54. The van der Waals surface area contributed by atoms with Crippen LogP contribution in [-0.4, -0.2) is 44.1 Å². The molecular formula is C16H27N3O2. The number of nitrogens with one attached hydrogen (secondary N) is 1. The van der Waals surface area contributed by atoms with Crippen molar-refractivity contribution in [2.24, 2.45) is 0 Å². The molecule has 118 valence electrons. The Balaban J connectivity index is 2.64. The Kier molecular flexibility index (Phi) is 7.02. The molecule has 0 spiro atoms. The molecule has 1 aromatic rings. The fourth-order valence-corrected chi connectivity index (χ4v) is 1.77. The van der Waals surface area contributed by atoms with Crippen LogP contribution < -0.4 is 15.8 Å². The van der Waals surface area contributed by atoms with E-state index in [1.54, 1.807) is 18.2 Å². The van der Waals surface area contributed by atoms with Crippen molar-refractivity contribution in [3.63, 3.8) is 0 Å². The smallest absolute Gasteiger partial charge is 0.251 e. The quantitative estimate of drug-likeness (QED) is 0.569. The fraction of sp³-hybridized carbons (Fsp3) is 0.562. The van der Waals surface area contributed by atoms with Gasteiger partial charge in [-0.1, -0.05) is 6.92 Å². The van der Waals surface area contributed by atoms with E-state index in [-0.39, 0.29) is 11.9 Å². The molecule has 0 aromatic heterocycles. The predicted molar refractivity (Wildman–Crippen MR) is 86.7 cm³/mol. The van der Waals surface area contributed by atoms with E-state index in [0.717, 1.165) is 19.4 Å². The van der Waals surface area contributed by atoms with E-state index in [1.165, 1.54) is 0 Å². The minimum Gasteiger partial charge on any atom is -0.491 e. The zero-order valence-electron chi connectivity index (χ0n) is 13.5. The van der Waals surface area contributed by atoms with Crippen LogP contribution in [0.4, 0.5) is 5.69 Å². The first-order valence-corrected chi connectivity index (χ1v) is 7.42. The van der Waals surface area contributed by atoms with Crippen LogP contribution in [0.25, 0.3) is 0 Å². The molecule has 0 radical (unpaired) electrons. The van der Waals surface area contributed by atoms with Crippen LogP contribution in [0.1, 0.15) is 37.0 Å². The number of nitrogen functional groups attached to an aromatic ring is 1. The molecule has 0 fully saturated rings. The lowest BCUT2D eigenvalue weighted by atomic mass is 10.1. The summed E-state index contributed by atoms with van der Waals surface area (Å²) in [6, 6.07) is 5.30. The van der Waals surface area contributed by atoms with E-state index in [9.17, 15) is 4.79 Å². The molecule has 1 unspecified atom stereocenters. The van der Waals surface area contributed by atoms with Crippen molar-refractivity contribution in [2.75, 3.05) is 33.0 Å². The van der Waals surface area contributed by atoms with Crippen molar-refractivity contribution in [1.82, 2.24) is 10.2 Å². The number of benzene rings is 1. The Hall–Kier alpha value is -1.75. The van der Waals surface area contributed by atoms with Gasteiger partial charge in [-0.15, -0.1) is 0 Å². The largest absolute Gasteiger partial charge is 0.491 e. The number of nitrogens with two attached hydrogens (primary N) is 1. The average Bonchev–Trinajstić information content (AvgIpc) is 2.44. The van der Waals surface area contributed by atoms with E-state index in [1.807, 2.05) is 27.9 Å². The Morgan fingerprint density at radius 2 is 2.14 bits per heavy atom. The van der Waals surface area contributed by atoms with Crippen molar-refractivity contribution in [1.29, 1.82) is 0 Å². The summed E-state index contributed by atoms with van der Waals surface area (Å²) in [5.41, 5.74) is 7.02. The molecule has 1 aromatic carbocycles. The standard InChI is InChI=1S/C16H27N3O2/c1-5-12(2)18-16(20)13-7-8-14(17)15(11-13)21-10-6-9-19(3)4/h7-8,11-12H,5-6,9-10,17H2,1-4H3,(H,18,20). The second-order valence-electron chi connectivity index (χ2n) is 5.54. The van der Waals surface area contributed by atoms with Crippen LogP contribution >= 0.6 is 0 Å². The van der Waals surface area contributed by atoms with Gasteiger partial charge in [0, 0.05) is 18.2 Å². The maximum atomic E-state index is 12.1. The molecule has 5 nitrogen and oxygen atoms in total. The molecule has 0 heterocycles. The summed E-state index contributed by atoms with van der Waals surface area (Å²) in [5.74, 6) is 0.480. The van der Waals surface area contributed by atoms with Gasteiger partial charge in [0.05, 0.1) is 12.3 Å². The lowest BCUT2D eigenvalue weighted by Gasteiger charge is -2.14. The van der Waals surface area contributed by atoms with Gasteiger partial charge in [-0.2, -0.15) is 0 Å². The minimum absolute atomic E-state index is 0.0949. The van der Waals surface area contributed by atoms with Gasteiger partial charge in [-0.05, 0) is 52.1 Å². The summed E-state index contributed by atoms with van der Waals surface area (Å²) in [4.78, 5) is 14.2. The van der Waals surface area contributed by atoms with Gasteiger partial charge in [0.15, 0.2) is 0 Å². The van der Waals surface area contributed by atoms with Gasteiger partial charge in [0.2, 0.25) is 0 Å². The third kappa shape index (κ3) is 6.04. The van der Waals surface area contributed by atoms with Gasteiger partial charge in [-0.25, -0.2) is 0 Å². The molecule has 5 heteroatoms. The Morgan fingerprint density at radius 3 is 2.76 bits per heavy atom. The first-order chi connectivity index (χ1) is 9.93. The van der Waals surface area contributed by atoms with E-state index in [0.29, 0.717) is 23.6 Å². The van der Waals surface area contributed by atoms with Crippen LogP contribution in [0.3, 0.4) is 0 Å². The number of carbonyl (C=O) groups is 1. The molecular weight excluding hydrogens is 266 g/mol. The van der Waals surface area contributed by atoms with Gasteiger partial charge in [0.1, 0.15) is 5.75 Å². The van der Waals surface area contributed by atoms with Crippen LogP contribution in [0.5, 0.6) is 5.75 Å². The molecule has 21 heavy (non-hydrogen) atoms. The highest BCUT2D eigenvalue weighted by molar-refractivity contribution is 5.95. The zero-order chi connectivity index (χ0) is 15.8. The summed E-state index contributed by atoms with van der Waals surface area (Å²) in [5, 5.41) is 2.93. The third-order valence-corrected chi connectivity index (χ3v) is 3.27. The van der Waals surface area contributed by atoms with Crippen LogP contribution in [0.15, 0.2) is 18.2 Å². The number of amides is 1. The minimum atomic E-state index is -0.0949. The summed E-state index contributed by atoms with van der Waals surface area (Å²) in [6.45, 7) is 5.55. The van der Waals surface area contributed by atoms with Crippen molar-refractivity contribution in [2.45, 2.75) is 32.7 Å². The fourth-order valence-electron chi connectivity index (χ4n) is 1.77. The molecule has 0 aliphatic carbocycles. The third-order valence-electron chi connectivity index (χ3n) is 3.27. The van der Waals surface area contributed by atoms with Crippen molar-refractivity contribution < 1.29 is 9.53 Å². The van der Waals surface area contributed by atoms with Crippen LogP contribution in [-0.2, 0) is 0 Å². The normalized spacial score (nSPS) is 12.2. The SMILES string of the molecule is CCC(C)NC(=O)c1ccc(N)c(OCCCN(C)C)c1. The molecule has 1 atom stereocenters. The molecule has 0 saturated carbocycles. The van der Waals surface area contributed by atoms with Crippen LogP contribution in [0.2, 0.25) is 0 Å². The number of anilines is 1. The van der Waals surface area contributed by atoms with Crippen molar-refractivity contribution in [3.05, 3.63) is 23.8 Å². The molecule has 0 aliphatic rings. The Labute approximate surface area is 127 Å². The molecule has 0 saturated heterocycles. The molecule has 1 amide bonds. The number of hydrogen-bond acceptors (Lipinski definition) is 4. The van der Waals surface area contributed by atoms with Crippen LogP contribution in [0, 0.1) is 0 Å². The molecule has 0 bridgehead atoms. The molecule has 0 aliphatic heterocycles. The summed E-state index contributed by atoms with van der Waals surface area (Å²) in [6.07, 6.45) is 1.81. The number of ether oxygens (including phenoxy) is 1. The second kappa shape index (κ2) is 8.52. The van der Waals surface area contributed by atoms with Gasteiger partial charge in [-0.3, -0.25) is 4.79 Å². The maximum Gasteiger partial charge on any atom is 0.251 e. The first-order valence-electron chi connectivity index (χ1n) is 7.42. The summed E-state index contributed by atoms with van der Waals surface area (Å²) >= 11 is 0. The number of carbonyl (C=O) groups excluding carboxylic acids is 1. The summed E-state index contributed by atoms with van der Waals surface area (Å²) < 4.78 is 5.68. The number of nitrogens with zero attached hydrogens (tertiary/aromatic N) is 1. The van der Waals surface area contributed by atoms with E-state index in [2.05, 4.69) is 10.2 Å². The number of hydrogen-bond donors (Lipinski definition) is 2. The van der Waals surface area contributed by atoms with E-state index in [4.69, 9.17) is 10.5 Å². The first kappa shape index (κ1) is 17.3. The predicted octanol–water partition coefficient (Wildman–Crippen LogP) is 2.13. The van der Waals surface area contributed by atoms with Gasteiger partial charge in [0.25, 0.3) is 5.91 Å². The van der Waals surface area contributed by atoms with Crippen molar-refractivity contribution >= 4 is 11.6 Å². The monoisotopic (exact) mass is 293 g/mol. The van der Waals surface area contributed by atoms with Gasteiger partial charge >= 0.3 is 0 Å². The maximum absolute atomic E-state index is 12.1. The molecule has 1 rings (SSSR count). The Bertz CT molecular complexity index is 461. The van der Waals surface area contributed by atoms with E-state index >= 15 is 0 Å². The average molecular weight is 293 g/mol. The topological polar surface area (TPSA) is 67.6 Å². The molecule has 3 N–H and O–H groups in total. The van der Waals surface area contributed by atoms with E-state index < -0.39 is 0 Å². The highest BCUT2D eigenvalue weighted by atomic mass is 16.5. The summed E-state index contributed by atoms with van der Waals surface area (Å²) in [7, 11) is 4.04. The highest BCUT2D eigenvalue weighted by Crippen LogP contribution is 2.23. The van der Waals surface area contributed by atoms with Crippen molar-refractivity contribution in [3.8, 4) is 5.75 Å². The zero-order valence-corrected chi connectivity index (χ0v) is 13.5. The highest BCUT2D eigenvalue weighted by Gasteiger charge is 2.11. The van der Waals surface area contributed by atoms with Gasteiger partial charge < -0.3 is 20.7 Å². The Morgan fingerprint density at radius 1 is 1.43 bits per heavy atom.